The fourth-order valence-electron chi connectivity index (χ4n) is 2.07. The Morgan fingerprint density at radius 1 is 1.23 bits per heavy atom. The van der Waals surface area contributed by atoms with Gasteiger partial charge in [0, 0.05) is 11.1 Å². The highest BCUT2D eigenvalue weighted by Crippen LogP contribution is 2.52. The molecule has 0 amide bonds. The van der Waals surface area contributed by atoms with Crippen LogP contribution in [0.2, 0.25) is 0 Å². The van der Waals surface area contributed by atoms with E-state index in [4.69, 9.17) is 5.11 Å². The van der Waals surface area contributed by atoms with E-state index in [0.29, 0.717) is 0 Å². The smallest absolute Gasteiger partial charge is 0.317 e. The number of carboxylic acid groups (broad SMARTS) is 1. The number of rotatable bonds is 4. The van der Waals surface area contributed by atoms with E-state index in [1.165, 1.54) is 0 Å². The summed E-state index contributed by atoms with van der Waals surface area (Å²) >= 11 is 0. The van der Waals surface area contributed by atoms with Crippen LogP contribution in [0.5, 0.6) is 0 Å². The molecule has 2 aliphatic carbocycles. The molecule has 13 heavy (non-hydrogen) atoms. The van der Waals surface area contributed by atoms with Gasteiger partial charge in [-0.3, -0.25) is 9.69 Å². The van der Waals surface area contributed by atoms with E-state index in [1.807, 2.05) is 0 Å². The minimum Gasteiger partial charge on any atom is -0.480 e. The minimum absolute atomic E-state index is 0.198. The highest BCUT2D eigenvalue weighted by molar-refractivity contribution is 5.69. The summed E-state index contributed by atoms with van der Waals surface area (Å²) in [5, 5.41) is 8.82. The van der Waals surface area contributed by atoms with E-state index in [2.05, 4.69) is 18.7 Å². The Morgan fingerprint density at radius 2 is 1.62 bits per heavy atom. The molecule has 0 bridgehead atoms. The Kier molecular flexibility index (Phi) is 1.71. The standard InChI is InChI=1S/C10H17NO2/c1-9(3-4-9)11(7-8(12)13)10(2)5-6-10/h3-7H2,1-2H3,(H,12,13). The molecule has 0 aliphatic heterocycles. The minimum atomic E-state index is -0.693. The Labute approximate surface area is 78.7 Å². The van der Waals surface area contributed by atoms with Crippen LogP contribution in [-0.4, -0.2) is 33.6 Å². The topological polar surface area (TPSA) is 40.5 Å². The largest absolute Gasteiger partial charge is 0.480 e. The molecule has 0 aromatic heterocycles. The first-order valence-electron chi connectivity index (χ1n) is 4.96. The maximum absolute atomic E-state index is 10.7. The molecule has 0 saturated heterocycles. The molecule has 0 aromatic rings. The third-order valence-corrected chi connectivity index (χ3v) is 3.54. The summed E-state index contributed by atoms with van der Waals surface area (Å²) in [5.74, 6) is -0.693. The molecule has 74 valence electrons. The number of nitrogens with zero attached hydrogens (tertiary/aromatic N) is 1. The molecule has 0 atom stereocenters. The SMILES string of the molecule is CC1(N(CC(=O)O)C2(C)CC2)CC1. The van der Waals surface area contributed by atoms with Crippen molar-refractivity contribution in [1.29, 1.82) is 0 Å². The van der Waals surface area contributed by atoms with Crippen LogP contribution in [0.15, 0.2) is 0 Å². The number of aliphatic carboxylic acids is 1. The van der Waals surface area contributed by atoms with Crippen LogP contribution in [0.25, 0.3) is 0 Å². The van der Waals surface area contributed by atoms with Gasteiger partial charge in [0.05, 0.1) is 6.54 Å². The van der Waals surface area contributed by atoms with Gasteiger partial charge in [0.15, 0.2) is 0 Å². The zero-order valence-electron chi connectivity index (χ0n) is 8.34. The summed E-state index contributed by atoms with van der Waals surface area (Å²) in [5.41, 5.74) is 0.396. The maximum atomic E-state index is 10.7. The predicted octanol–water partition coefficient (Wildman–Crippen LogP) is 1.48. The van der Waals surface area contributed by atoms with Crippen molar-refractivity contribution in [2.24, 2.45) is 0 Å². The van der Waals surface area contributed by atoms with Gasteiger partial charge in [0.25, 0.3) is 0 Å². The molecular formula is C10H17NO2. The van der Waals surface area contributed by atoms with Crippen LogP contribution >= 0.6 is 0 Å². The number of carbonyl (C=O) groups is 1. The molecule has 2 fully saturated rings. The number of carboxylic acids is 1. The van der Waals surface area contributed by atoms with E-state index < -0.39 is 5.97 Å². The van der Waals surface area contributed by atoms with Crippen LogP contribution in [0.1, 0.15) is 39.5 Å². The van der Waals surface area contributed by atoms with Gasteiger partial charge in [-0.1, -0.05) is 0 Å². The molecule has 3 nitrogen and oxygen atoms in total. The van der Waals surface area contributed by atoms with Crippen molar-refractivity contribution < 1.29 is 9.90 Å². The molecule has 0 heterocycles. The molecule has 2 rings (SSSR count). The molecule has 2 aliphatic rings. The lowest BCUT2D eigenvalue weighted by molar-refractivity contribution is -0.140. The lowest BCUT2D eigenvalue weighted by Gasteiger charge is -2.33. The quantitative estimate of drug-likeness (QED) is 0.717. The fraction of sp³-hybridized carbons (Fsp3) is 0.900. The second-order valence-electron chi connectivity index (χ2n) is 4.97. The van der Waals surface area contributed by atoms with Crippen molar-refractivity contribution in [2.45, 2.75) is 50.6 Å². The first-order valence-corrected chi connectivity index (χ1v) is 4.96. The van der Waals surface area contributed by atoms with Gasteiger partial charge in [0.1, 0.15) is 0 Å². The third-order valence-electron chi connectivity index (χ3n) is 3.54. The van der Waals surface area contributed by atoms with Gasteiger partial charge in [-0.2, -0.15) is 0 Å². The molecular weight excluding hydrogens is 166 g/mol. The Hall–Kier alpha value is -0.570. The molecule has 0 aromatic carbocycles. The van der Waals surface area contributed by atoms with E-state index in [-0.39, 0.29) is 17.6 Å². The maximum Gasteiger partial charge on any atom is 0.317 e. The van der Waals surface area contributed by atoms with Gasteiger partial charge >= 0.3 is 5.97 Å². The highest BCUT2D eigenvalue weighted by atomic mass is 16.4. The second kappa shape index (κ2) is 2.47. The molecule has 3 heteroatoms. The molecule has 1 N–H and O–H groups in total. The van der Waals surface area contributed by atoms with Crippen LogP contribution in [0.3, 0.4) is 0 Å². The Morgan fingerprint density at radius 3 is 1.85 bits per heavy atom. The molecule has 2 saturated carbocycles. The number of hydrogen-bond donors (Lipinski definition) is 1. The lowest BCUT2D eigenvalue weighted by Crippen LogP contribution is -2.46. The van der Waals surface area contributed by atoms with Crippen molar-refractivity contribution in [3.63, 3.8) is 0 Å². The van der Waals surface area contributed by atoms with Crippen molar-refractivity contribution in [3.8, 4) is 0 Å². The Balaban J connectivity index is 2.07. The highest BCUT2D eigenvalue weighted by Gasteiger charge is 2.55. The van der Waals surface area contributed by atoms with Crippen molar-refractivity contribution in [3.05, 3.63) is 0 Å². The van der Waals surface area contributed by atoms with Crippen LogP contribution in [0, 0.1) is 0 Å². The summed E-state index contributed by atoms with van der Waals surface area (Å²) in [6.07, 6.45) is 4.65. The summed E-state index contributed by atoms with van der Waals surface area (Å²) in [4.78, 5) is 12.9. The summed E-state index contributed by atoms with van der Waals surface area (Å²) < 4.78 is 0. The summed E-state index contributed by atoms with van der Waals surface area (Å²) in [6.45, 7) is 4.58. The first-order chi connectivity index (χ1) is 5.96. The van der Waals surface area contributed by atoms with E-state index >= 15 is 0 Å². The third kappa shape index (κ3) is 1.57. The van der Waals surface area contributed by atoms with E-state index in [1.54, 1.807) is 0 Å². The average molecular weight is 183 g/mol. The van der Waals surface area contributed by atoms with Gasteiger partial charge < -0.3 is 5.11 Å². The Bertz CT molecular complexity index is 223. The van der Waals surface area contributed by atoms with Gasteiger partial charge in [-0.15, -0.1) is 0 Å². The average Bonchev–Trinajstić information content (AvgIpc) is 2.88. The zero-order chi connectivity index (χ0) is 9.69. The van der Waals surface area contributed by atoms with Crippen LogP contribution in [-0.2, 0) is 4.79 Å². The fourth-order valence-corrected chi connectivity index (χ4v) is 2.07. The van der Waals surface area contributed by atoms with E-state index in [9.17, 15) is 4.79 Å². The summed E-state index contributed by atoms with van der Waals surface area (Å²) in [7, 11) is 0. The number of hydrogen-bond acceptors (Lipinski definition) is 2. The van der Waals surface area contributed by atoms with Gasteiger partial charge in [-0.25, -0.2) is 0 Å². The van der Waals surface area contributed by atoms with Gasteiger partial charge in [-0.05, 0) is 39.5 Å². The summed E-state index contributed by atoms with van der Waals surface area (Å²) in [6, 6.07) is 0. The van der Waals surface area contributed by atoms with Crippen molar-refractivity contribution >= 4 is 5.97 Å². The second-order valence-corrected chi connectivity index (χ2v) is 4.97. The predicted molar refractivity (Wildman–Crippen MR) is 49.6 cm³/mol. The van der Waals surface area contributed by atoms with Gasteiger partial charge in [0.2, 0.25) is 0 Å². The van der Waals surface area contributed by atoms with Crippen molar-refractivity contribution in [1.82, 2.24) is 4.90 Å². The molecule has 0 radical (unpaired) electrons. The van der Waals surface area contributed by atoms with Crippen LogP contribution in [0.4, 0.5) is 0 Å². The first kappa shape index (κ1) is 9.00. The van der Waals surface area contributed by atoms with E-state index in [0.717, 1.165) is 25.7 Å². The molecule has 0 unspecified atom stereocenters. The zero-order valence-corrected chi connectivity index (χ0v) is 8.34. The lowest BCUT2D eigenvalue weighted by atomic mass is 10.1. The normalized spacial score (nSPS) is 27.3. The monoisotopic (exact) mass is 183 g/mol. The van der Waals surface area contributed by atoms with Crippen LogP contribution < -0.4 is 0 Å². The van der Waals surface area contributed by atoms with Crippen molar-refractivity contribution in [2.75, 3.05) is 6.54 Å². The molecule has 0 spiro atoms.